The van der Waals surface area contributed by atoms with Crippen molar-refractivity contribution in [3.8, 4) is 0 Å². The third kappa shape index (κ3) is 2.05. The van der Waals surface area contributed by atoms with Crippen molar-refractivity contribution in [2.24, 2.45) is 0 Å². The van der Waals surface area contributed by atoms with Gasteiger partial charge in [0.25, 0.3) is 0 Å². The van der Waals surface area contributed by atoms with Gasteiger partial charge in [0.05, 0.1) is 0 Å². The number of pyridine rings is 1. The minimum absolute atomic E-state index is 0.234. The Bertz CT molecular complexity index is 359. The van der Waals surface area contributed by atoms with Crippen molar-refractivity contribution in [3.05, 3.63) is 28.6 Å². The van der Waals surface area contributed by atoms with Gasteiger partial charge in [-0.2, -0.15) is 0 Å². The lowest BCUT2D eigenvalue weighted by atomic mass is 10.1. The molecule has 3 heteroatoms. The molecule has 3 nitrogen and oxygen atoms in total. The number of carbonyl (C=O) groups excluding carboxylic acids is 2. The molecule has 1 rings (SSSR count). The summed E-state index contributed by atoms with van der Waals surface area (Å²) in [6.45, 7) is 3.92. The van der Waals surface area contributed by atoms with E-state index in [9.17, 15) is 9.59 Å². The van der Waals surface area contributed by atoms with Gasteiger partial charge in [0.2, 0.25) is 0 Å². The fourth-order valence-electron chi connectivity index (χ4n) is 1.39. The molecule has 0 fully saturated rings. The number of aromatic nitrogens is 1. The maximum Gasteiger partial charge on any atom is 0.169 e. The summed E-state index contributed by atoms with van der Waals surface area (Å²) < 4.78 is 0. The highest BCUT2D eigenvalue weighted by Gasteiger charge is 2.07. The van der Waals surface area contributed by atoms with E-state index in [1.807, 2.05) is 6.92 Å². The molecular weight excluding hydrogens is 178 g/mol. The summed E-state index contributed by atoms with van der Waals surface area (Å²) >= 11 is 0. The second-order valence-electron chi connectivity index (χ2n) is 3.19. The van der Waals surface area contributed by atoms with Crippen LogP contribution in [0.3, 0.4) is 0 Å². The Labute approximate surface area is 83.2 Å². The van der Waals surface area contributed by atoms with Gasteiger partial charge in [0, 0.05) is 11.3 Å². The van der Waals surface area contributed by atoms with Crippen molar-refractivity contribution in [2.45, 2.75) is 26.7 Å². The number of hydrogen-bond donors (Lipinski definition) is 0. The zero-order valence-electron chi connectivity index (χ0n) is 8.41. The summed E-state index contributed by atoms with van der Waals surface area (Å²) in [5, 5.41) is 0. The number of carbonyl (C=O) groups is 2. The average molecular weight is 191 g/mol. The van der Waals surface area contributed by atoms with Crippen LogP contribution < -0.4 is 0 Å². The molecule has 0 aliphatic rings. The van der Waals surface area contributed by atoms with E-state index in [1.54, 1.807) is 6.07 Å². The summed E-state index contributed by atoms with van der Waals surface area (Å²) in [7, 11) is 0. The fourth-order valence-corrected chi connectivity index (χ4v) is 1.39. The molecule has 0 aliphatic carbocycles. The molecule has 0 aromatic carbocycles. The highest BCUT2D eigenvalue weighted by molar-refractivity contribution is 5.88. The van der Waals surface area contributed by atoms with Crippen LogP contribution in [0.1, 0.15) is 45.4 Å². The molecule has 74 valence electrons. The molecule has 0 aliphatic heterocycles. The Hall–Kier alpha value is -1.51. The smallest absolute Gasteiger partial charge is 0.169 e. The van der Waals surface area contributed by atoms with Gasteiger partial charge in [-0.15, -0.1) is 0 Å². The van der Waals surface area contributed by atoms with Gasteiger partial charge < -0.3 is 0 Å². The molecule has 14 heavy (non-hydrogen) atoms. The molecule has 0 unspecified atom stereocenters. The van der Waals surface area contributed by atoms with Crippen LogP contribution in [0.5, 0.6) is 0 Å². The first-order valence-electron chi connectivity index (χ1n) is 4.63. The van der Waals surface area contributed by atoms with Crippen molar-refractivity contribution in [3.63, 3.8) is 0 Å². The third-order valence-corrected chi connectivity index (χ3v) is 2.14. The number of aryl methyl sites for hydroxylation is 2. The standard InChI is InChI=1S/C11H13NO2/c1-3-4-9-5-10(6-13)11(7-14)12-8(9)2/h5-7H,3-4H2,1-2H3. The van der Waals surface area contributed by atoms with Crippen LogP contribution in [-0.2, 0) is 6.42 Å². The lowest BCUT2D eigenvalue weighted by molar-refractivity contribution is 0.109. The first-order chi connectivity index (χ1) is 6.72. The first-order valence-corrected chi connectivity index (χ1v) is 4.63. The molecule has 1 heterocycles. The molecule has 0 saturated heterocycles. The lowest BCUT2D eigenvalue weighted by Gasteiger charge is -2.05. The first kappa shape index (κ1) is 10.6. The number of hydrogen-bond acceptors (Lipinski definition) is 3. The SMILES string of the molecule is CCCc1cc(C=O)c(C=O)nc1C. The Kier molecular flexibility index (Phi) is 3.51. The van der Waals surface area contributed by atoms with Crippen LogP contribution in [0.25, 0.3) is 0 Å². The minimum Gasteiger partial charge on any atom is -0.298 e. The molecule has 0 amide bonds. The van der Waals surface area contributed by atoms with Crippen LogP contribution in [0, 0.1) is 6.92 Å². The molecular formula is C11H13NO2. The number of aldehydes is 2. The summed E-state index contributed by atoms with van der Waals surface area (Å²) in [5.74, 6) is 0. The average Bonchev–Trinajstić information content (AvgIpc) is 2.20. The topological polar surface area (TPSA) is 47.0 Å². The van der Waals surface area contributed by atoms with Crippen LogP contribution in [-0.4, -0.2) is 17.6 Å². The molecule has 0 bridgehead atoms. The summed E-state index contributed by atoms with van der Waals surface area (Å²) in [5.41, 5.74) is 2.49. The molecule has 0 atom stereocenters. The van der Waals surface area contributed by atoms with E-state index in [4.69, 9.17) is 0 Å². The highest BCUT2D eigenvalue weighted by atomic mass is 16.1. The van der Waals surface area contributed by atoms with E-state index < -0.39 is 0 Å². The molecule has 0 saturated carbocycles. The molecule has 1 aromatic rings. The summed E-state index contributed by atoms with van der Waals surface area (Å²) in [6.07, 6.45) is 3.18. The molecule has 0 radical (unpaired) electrons. The lowest BCUT2D eigenvalue weighted by Crippen LogP contribution is -2.02. The van der Waals surface area contributed by atoms with Gasteiger partial charge in [-0.25, -0.2) is 4.98 Å². The minimum atomic E-state index is 0.234. The van der Waals surface area contributed by atoms with Crippen molar-refractivity contribution in [1.82, 2.24) is 4.98 Å². The maximum absolute atomic E-state index is 10.7. The Morgan fingerprint density at radius 1 is 1.36 bits per heavy atom. The van der Waals surface area contributed by atoms with E-state index in [2.05, 4.69) is 11.9 Å². The van der Waals surface area contributed by atoms with Crippen molar-refractivity contribution < 1.29 is 9.59 Å². The predicted molar refractivity (Wildman–Crippen MR) is 53.7 cm³/mol. The van der Waals surface area contributed by atoms with Gasteiger partial charge in [0.1, 0.15) is 5.69 Å². The second-order valence-corrected chi connectivity index (χ2v) is 3.19. The fraction of sp³-hybridized carbons (Fsp3) is 0.364. The molecule has 1 aromatic heterocycles. The number of nitrogens with zero attached hydrogens (tertiary/aromatic N) is 1. The van der Waals surface area contributed by atoms with Crippen molar-refractivity contribution in [1.29, 1.82) is 0 Å². The third-order valence-electron chi connectivity index (χ3n) is 2.14. The van der Waals surface area contributed by atoms with Crippen LogP contribution in [0.4, 0.5) is 0 Å². The van der Waals surface area contributed by atoms with Gasteiger partial charge >= 0.3 is 0 Å². The quantitative estimate of drug-likeness (QED) is 0.683. The summed E-state index contributed by atoms with van der Waals surface area (Å²) in [6, 6.07) is 1.75. The van der Waals surface area contributed by atoms with Crippen molar-refractivity contribution in [2.75, 3.05) is 0 Å². The Morgan fingerprint density at radius 2 is 2.07 bits per heavy atom. The van der Waals surface area contributed by atoms with Crippen LogP contribution in [0.2, 0.25) is 0 Å². The van der Waals surface area contributed by atoms with Gasteiger partial charge in [-0.05, 0) is 25.0 Å². The molecule has 0 spiro atoms. The maximum atomic E-state index is 10.7. The van der Waals surface area contributed by atoms with Gasteiger partial charge in [-0.1, -0.05) is 13.3 Å². The molecule has 0 N–H and O–H groups in total. The van der Waals surface area contributed by atoms with E-state index >= 15 is 0 Å². The summed E-state index contributed by atoms with van der Waals surface area (Å²) in [4.78, 5) is 25.3. The monoisotopic (exact) mass is 191 g/mol. The van der Waals surface area contributed by atoms with Crippen molar-refractivity contribution >= 4 is 12.6 Å². The zero-order chi connectivity index (χ0) is 10.6. The van der Waals surface area contributed by atoms with E-state index in [1.165, 1.54) is 0 Å². The van der Waals surface area contributed by atoms with Gasteiger partial charge in [0.15, 0.2) is 12.6 Å². The Morgan fingerprint density at radius 3 is 2.57 bits per heavy atom. The van der Waals surface area contributed by atoms with E-state index in [0.29, 0.717) is 18.1 Å². The number of rotatable bonds is 4. The largest absolute Gasteiger partial charge is 0.298 e. The predicted octanol–water partition coefficient (Wildman–Crippen LogP) is 1.97. The highest BCUT2D eigenvalue weighted by Crippen LogP contribution is 2.12. The van der Waals surface area contributed by atoms with Gasteiger partial charge in [-0.3, -0.25) is 9.59 Å². The van der Waals surface area contributed by atoms with Crippen LogP contribution >= 0.6 is 0 Å². The van der Waals surface area contributed by atoms with E-state index in [-0.39, 0.29) is 5.69 Å². The second kappa shape index (κ2) is 4.65. The zero-order valence-corrected chi connectivity index (χ0v) is 8.41. The normalized spacial score (nSPS) is 9.86. The Balaban J connectivity index is 3.22. The van der Waals surface area contributed by atoms with Crippen LogP contribution in [0.15, 0.2) is 6.07 Å². The van der Waals surface area contributed by atoms with E-state index in [0.717, 1.165) is 24.1 Å².